The van der Waals surface area contributed by atoms with Gasteiger partial charge in [0.05, 0.1) is 11.7 Å². The van der Waals surface area contributed by atoms with Crippen LogP contribution in [0.25, 0.3) is 10.9 Å². The minimum atomic E-state index is -0.269. The Morgan fingerprint density at radius 1 is 1.17 bits per heavy atom. The molecule has 0 fully saturated rings. The third kappa shape index (κ3) is 3.55. The highest BCUT2D eigenvalue weighted by molar-refractivity contribution is 6.32. The van der Waals surface area contributed by atoms with Gasteiger partial charge in [0.25, 0.3) is 5.91 Å². The van der Waals surface area contributed by atoms with Gasteiger partial charge in [-0.25, -0.2) is 10.4 Å². The number of fused-ring (bicyclic) bond motifs is 1. The summed E-state index contributed by atoms with van der Waals surface area (Å²) in [6.07, 6.45) is 1.50. The predicted octanol–water partition coefficient (Wildman–Crippen LogP) is 3.96. The molecule has 0 aliphatic rings. The van der Waals surface area contributed by atoms with Gasteiger partial charge >= 0.3 is 0 Å². The molecule has 0 aliphatic heterocycles. The summed E-state index contributed by atoms with van der Waals surface area (Å²) in [6.45, 7) is 1.93. The number of halogens is 1. The molecule has 114 valence electrons. The molecule has 23 heavy (non-hydrogen) atoms. The van der Waals surface area contributed by atoms with Crippen LogP contribution in [0.4, 0.5) is 0 Å². The van der Waals surface area contributed by atoms with Gasteiger partial charge in [-0.15, -0.1) is 0 Å². The van der Waals surface area contributed by atoms with E-state index in [4.69, 9.17) is 11.6 Å². The summed E-state index contributed by atoms with van der Waals surface area (Å²) in [5.41, 5.74) is 5.54. The Labute approximate surface area is 138 Å². The maximum atomic E-state index is 12.0. The van der Waals surface area contributed by atoms with E-state index in [0.717, 1.165) is 16.5 Å². The van der Waals surface area contributed by atoms with Crippen LogP contribution >= 0.6 is 11.6 Å². The summed E-state index contributed by atoms with van der Waals surface area (Å²) in [7, 11) is 0. The van der Waals surface area contributed by atoms with E-state index in [1.165, 1.54) is 6.21 Å². The maximum absolute atomic E-state index is 12.0. The fourth-order valence-electron chi connectivity index (χ4n) is 2.21. The zero-order valence-corrected chi connectivity index (χ0v) is 13.2. The topological polar surface area (TPSA) is 54.4 Å². The van der Waals surface area contributed by atoms with Crippen LogP contribution in [-0.2, 0) is 0 Å². The van der Waals surface area contributed by atoms with E-state index in [1.54, 1.807) is 12.1 Å². The van der Waals surface area contributed by atoms with Gasteiger partial charge in [-0.05, 0) is 31.2 Å². The van der Waals surface area contributed by atoms with E-state index < -0.39 is 0 Å². The summed E-state index contributed by atoms with van der Waals surface area (Å²) in [5.74, 6) is -0.269. The van der Waals surface area contributed by atoms with E-state index in [0.29, 0.717) is 16.3 Å². The number of aromatic nitrogens is 1. The third-order valence-corrected chi connectivity index (χ3v) is 3.66. The van der Waals surface area contributed by atoms with E-state index in [2.05, 4.69) is 15.5 Å². The van der Waals surface area contributed by atoms with Crippen molar-refractivity contribution in [2.24, 2.45) is 5.10 Å². The number of nitrogens with zero attached hydrogens (tertiary/aromatic N) is 2. The number of aryl methyl sites for hydroxylation is 1. The van der Waals surface area contributed by atoms with Crippen molar-refractivity contribution >= 4 is 34.6 Å². The number of hydrogen-bond donors (Lipinski definition) is 1. The number of pyridine rings is 1. The number of amides is 1. The molecule has 0 unspecified atom stereocenters. The first-order chi connectivity index (χ1) is 11.1. The average Bonchev–Trinajstić information content (AvgIpc) is 2.55. The van der Waals surface area contributed by atoms with Crippen LogP contribution in [0.2, 0.25) is 5.15 Å². The Bertz CT molecular complexity index is 906. The number of benzene rings is 2. The molecular weight excluding hydrogens is 310 g/mol. The van der Waals surface area contributed by atoms with Crippen molar-refractivity contribution < 1.29 is 4.79 Å². The van der Waals surface area contributed by atoms with Crippen molar-refractivity contribution in [2.45, 2.75) is 6.92 Å². The van der Waals surface area contributed by atoms with Crippen molar-refractivity contribution in [1.29, 1.82) is 0 Å². The number of hydrazone groups is 1. The van der Waals surface area contributed by atoms with Crippen LogP contribution in [0, 0.1) is 6.92 Å². The van der Waals surface area contributed by atoms with Crippen molar-refractivity contribution in [2.75, 3.05) is 0 Å². The smallest absolute Gasteiger partial charge is 0.267 e. The minimum absolute atomic E-state index is 0.269. The predicted molar refractivity (Wildman–Crippen MR) is 93.0 cm³/mol. The van der Waals surface area contributed by atoms with Gasteiger partial charge in [-0.2, -0.15) is 5.10 Å². The van der Waals surface area contributed by atoms with Crippen LogP contribution in [0.5, 0.6) is 0 Å². The lowest BCUT2D eigenvalue weighted by Crippen LogP contribution is -2.17. The normalized spacial score (nSPS) is 11.0. The van der Waals surface area contributed by atoms with Crippen LogP contribution in [0.1, 0.15) is 21.5 Å². The molecule has 1 amide bonds. The monoisotopic (exact) mass is 323 g/mol. The maximum Gasteiger partial charge on any atom is 0.271 e. The molecule has 5 heteroatoms. The molecule has 1 N–H and O–H groups in total. The highest BCUT2D eigenvalue weighted by Crippen LogP contribution is 2.18. The summed E-state index contributed by atoms with van der Waals surface area (Å²) < 4.78 is 0. The highest BCUT2D eigenvalue weighted by atomic mass is 35.5. The standard InChI is InChI=1S/C18H14ClN3O/c1-12-5-4-7-14(9-12)18(23)22-20-11-15-10-13-6-2-3-8-16(13)21-17(15)19/h2-11H,1H3,(H,22,23)/b20-11+. The van der Waals surface area contributed by atoms with Gasteiger partial charge in [0.15, 0.2) is 0 Å². The Kier molecular flexibility index (Phi) is 4.35. The second-order valence-corrected chi connectivity index (χ2v) is 5.49. The molecular formula is C18H14ClN3O. The summed E-state index contributed by atoms with van der Waals surface area (Å²) >= 11 is 6.14. The lowest BCUT2D eigenvalue weighted by Gasteiger charge is -2.03. The number of nitrogens with one attached hydrogen (secondary N) is 1. The molecule has 1 heterocycles. The molecule has 0 saturated carbocycles. The first kappa shape index (κ1) is 15.2. The quantitative estimate of drug-likeness (QED) is 0.450. The Balaban J connectivity index is 1.78. The lowest BCUT2D eigenvalue weighted by molar-refractivity contribution is 0.0955. The lowest BCUT2D eigenvalue weighted by atomic mass is 10.1. The molecule has 0 aliphatic carbocycles. The largest absolute Gasteiger partial charge is 0.271 e. The molecule has 2 aromatic carbocycles. The van der Waals surface area contributed by atoms with Crippen LogP contribution < -0.4 is 5.43 Å². The second-order valence-electron chi connectivity index (χ2n) is 5.13. The third-order valence-electron chi connectivity index (χ3n) is 3.35. The van der Waals surface area contributed by atoms with Gasteiger partial charge in [0, 0.05) is 16.5 Å². The van der Waals surface area contributed by atoms with E-state index in [1.807, 2.05) is 49.4 Å². The van der Waals surface area contributed by atoms with Crippen molar-refractivity contribution in [3.05, 3.63) is 76.4 Å². The van der Waals surface area contributed by atoms with E-state index in [9.17, 15) is 4.79 Å². The Hall–Kier alpha value is -2.72. The molecule has 0 saturated heterocycles. The van der Waals surface area contributed by atoms with Gasteiger partial charge in [-0.1, -0.05) is 47.5 Å². The van der Waals surface area contributed by atoms with E-state index in [-0.39, 0.29) is 5.91 Å². The fraction of sp³-hybridized carbons (Fsp3) is 0.0556. The van der Waals surface area contributed by atoms with E-state index >= 15 is 0 Å². The molecule has 1 aromatic heterocycles. The second kappa shape index (κ2) is 6.58. The SMILES string of the molecule is Cc1cccc(C(=O)N/N=C/c2cc3ccccc3nc2Cl)c1. The molecule has 3 rings (SSSR count). The number of para-hydroxylation sites is 1. The van der Waals surface area contributed by atoms with Crippen LogP contribution in [-0.4, -0.2) is 17.1 Å². The van der Waals surface area contributed by atoms with Gasteiger partial charge in [0.2, 0.25) is 0 Å². The Morgan fingerprint density at radius 2 is 2.00 bits per heavy atom. The zero-order valence-electron chi connectivity index (χ0n) is 12.5. The fourth-order valence-corrected chi connectivity index (χ4v) is 2.41. The summed E-state index contributed by atoms with van der Waals surface area (Å²) in [5, 5.41) is 5.27. The molecule has 0 bridgehead atoms. The summed E-state index contributed by atoms with van der Waals surface area (Å²) in [6, 6.07) is 16.9. The molecule has 0 atom stereocenters. The molecule has 4 nitrogen and oxygen atoms in total. The first-order valence-corrected chi connectivity index (χ1v) is 7.46. The highest BCUT2D eigenvalue weighted by Gasteiger charge is 2.05. The molecule has 0 spiro atoms. The number of rotatable bonds is 3. The van der Waals surface area contributed by atoms with Gasteiger partial charge in [0.1, 0.15) is 5.15 Å². The van der Waals surface area contributed by atoms with Crippen molar-refractivity contribution in [3.63, 3.8) is 0 Å². The van der Waals surface area contributed by atoms with Crippen LogP contribution in [0.15, 0.2) is 59.7 Å². The minimum Gasteiger partial charge on any atom is -0.267 e. The van der Waals surface area contributed by atoms with Gasteiger partial charge < -0.3 is 0 Å². The van der Waals surface area contributed by atoms with Crippen molar-refractivity contribution in [1.82, 2.24) is 10.4 Å². The average molecular weight is 324 g/mol. The Morgan fingerprint density at radius 3 is 2.83 bits per heavy atom. The molecule has 3 aromatic rings. The van der Waals surface area contributed by atoms with Crippen LogP contribution in [0.3, 0.4) is 0 Å². The number of carbonyl (C=O) groups is 1. The first-order valence-electron chi connectivity index (χ1n) is 7.09. The zero-order chi connectivity index (χ0) is 16.2. The number of hydrogen-bond acceptors (Lipinski definition) is 3. The number of carbonyl (C=O) groups excluding carboxylic acids is 1. The van der Waals surface area contributed by atoms with Gasteiger partial charge in [-0.3, -0.25) is 4.79 Å². The molecule has 0 radical (unpaired) electrons. The summed E-state index contributed by atoms with van der Waals surface area (Å²) in [4.78, 5) is 16.3. The van der Waals surface area contributed by atoms with Crippen molar-refractivity contribution in [3.8, 4) is 0 Å².